The third-order valence-corrected chi connectivity index (χ3v) is 2.40. The number of benzene rings is 1. The van der Waals surface area contributed by atoms with E-state index in [0.717, 1.165) is 5.39 Å². The Kier molecular flexibility index (Phi) is 3.44. The Morgan fingerprint density at radius 1 is 1.44 bits per heavy atom. The number of rotatable bonds is 4. The first-order valence-electron chi connectivity index (χ1n) is 5.41. The van der Waals surface area contributed by atoms with Gasteiger partial charge in [-0.15, -0.1) is 12.3 Å². The molecule has 0 spiro atoms. The Morgan fingerprint density at radius 3 is 2.94 bits per heavy atom. The number of fused-ring (bicyclic) bond motifs is 1. The number of terminal acetylenes is 1. The molecule has 0 saturated heterocycles. The molecule has 1 N–H and O–H groups in total. The number of carboxylic acid groups (broad SMARTS) is 1. The van der Waals surface area contributed by atoms with Gasteiger partial charge in [-0.05, 0) is 12.1 Å². The van der Waals surface area contributed by atoms with Crippen molar-refractivity contribution in [3.05, 3.63) is 36.0 Å². The van der Waals surface area contributed by atoms with Gasteiger partial charge in [0.05, 0.1) is 12.1 Å². The molecule has 0 fully saturated rings. The number of carboxylic acids is 1. The molecule has 90 valence electrons. The monoisotopic (exact) mass is 241 g/mol. The van der Waals surface area contributed by atoms with Gasteiger partial charge in [-0.25, -0.2) is 9.78 Å². The van der Waals surface area contributed by atoms with Crippen LogP contribution in [0.1, 0.15) is 16.9 Å². The number of ether oxygens (including phenoxy) is 1. The molecule has 4 nitrogen and oxygen atoms in total. The fourth-order valence-corrected chi connectivity index (χ4v) is 1.59. The second kappa shape index (κ2) is 5.19. The summed E-state index contributed by atoms with van der Waals surface area (Å²) >= 11 is 0. The Hall–Kier alpha value is -2.54. The van der Waals surface area contributed by atoms with Crippen molar-refractivity contribution < 1.29 is 14.6 Å². The average Bonchev–Trinajstić information content (AvgIpc) is 2.38. The number of aromatic carboxylic acids is 1. The summed E-state index contributed by atoms with van der Waals surface area (Å²) in [5.41, 5.74) is 0.553. The van der Waals surface area contributed by atoms with E-state index in [1.54, 1.807) is 12.1 Å². The summed E-state index contributed by atoms with van der Waals surface area (Å²) in [5, 5.41) is 9.77. The molecule has 0 aliphatic rings. The highest BCUT2D eigenvalue weighted by Gasteiger charge is 2.11. The van der Waals surface area contributed by atoms with E-state index < -0.39 is 5.97 Å². The van der Waals surface area contributed by atoms with Crippen molar-refractivity contribution in [2.24, 2.45) is 0 Å². The van der Waals surface area contributed by atoms with Crippen LogP contribution in [0.5, 0.6) is 5.75 Å². The zero-order chi connectivity index (χ0) is 13.0. The van der Waals surface area contributed by atoms with E-state index in [1.807, 2.05) is 12.1 Å². The van der Waals surface area contributed by atoms with E-state index in [-0.39, 0.29) is 5.69 Å². The molecule has 18 heavy (non-hydrogen) atoms. The summed E-state index contributed by atoms with van der Waals surface area (Å²) in [4.78, 5) is 15.0. The van der Waals surface area contributed by atoms with Crippen molar-refractivity contribution in [3.63, 3.8) is 0 Å². The number of para-hydroxylation sites is 1. The quantitative estimate of drug-likeness (QED) is 0.659. The molecule has 0 aliphatic carbocycles. The van der Waals surface area contributed by atoms with E-state index in [0.29, 0.717) is 24.3 Å². The molecule has 0 aliphatic heterocycles. The highest BCUT2D eigenvalue weighted by molar-refractivity contribution is 5.93. The molecule has 2 rings (SSSR count). The molecule has 2 aromatic rings. The van der Waals surface area contributed by atoms with Gasteiger partial charge >= 0.3 is 5.97 Å². The van der Waals surface area contributed by atoms with Crippen molar-refractivity contribution in [2.45, 2.75) is 6.42 Å². The Labute approximate surface area is 104 Å². The third-order valence-electron chi connectivity index (χ3n) is 2.40. The zero-order valence-electron chi connectivity index (χ0n) is 9.59. The number of hydrogen-bond donors (Lipinski definition) is 1. The second-order valence-corrected chi connectivity index (χ2v) is 3.63. The first-order valence-corrected chi connectivity index (χ1v) is 5.41. The maximum Gasteiger partial charge on any atom is 0.354 e. The van der Waals surface area contributed by atoms with Gasteiger partial charge in [0.1, 0.15) is 5.75 Å². The molecular formula is C14H11NO3. The largest absolute Gasteiger partial charge is 0.492 e. The van der Waals surface area contributed by atoms with Gasteiger partial charge in [0, 0.05) is 17.9 Å². The van der Waals surface area contributed by atoms with E-state index >= 15 is 0 Å². The lowest BCUT2D eigenvalue weighted by Gasteiger charge is -2.08. The normalized spacial score (nSPS) is 9.94. The fourth-order valence-electron chi connectivity index (χ4n) is 1.59. The molecule has 1 aromatic heterocycles. The van der Waals surface area contributed by atoms with Crippen LogP contribution in [0, 0.1) is 12.3 Å². The lowest BCUT2D eigenvalue weighted by Crippen LogP contribution is -2.03. The van der Waals surface area contributed by atoms with E-state index in [4.69, 9.17) is 16.3 Å². The minimum atomic E-state index is -1.08. The van der Waals surface area contributed by atoms with E-state index in [9.17, 15) is 4.79 Å². The van der Waals surface area contributed by atoms with Crippen molar-refractivity contribution in [1.82, 2.24) is 4.98 Å². The predicted octanol–water partition coefficient (Wildman–Crippen LogP) is 2.34. The van der Waals surface area contributed by atoms with E-state index in [2.05, 4.69) is 10.9 Å². The van der Waals surface area contributed by atoms with Crippen LogP contribution < -0.4 is 4.74 Å². The maximum absolute atomic E-state index is 11.0. The smallest absolute Gasteiger partial charge is 0.354 e. The van der Waals surface area contributed by atoms with Gasteiger partial charge in [0.15, 0.2) is 5.69 Å². The molecule has 0 atom stereocenters. The van der Waals surface area contributed by atoms with Crippen molar-refractivity contribution in [3.8, 4) is 18.1 Å². The van der Waals surface area contributed by atoms with Crippen molar-refractivity contribution in [2.75, 3.05) is 6.61 Å². The van der Waals surface area contributed by atoms with Gasteiger partial charge in [0.25, 0.3) is 0 Å². The van der Waals surface area contributed by atoms with Crippen molar-refractivity contribution in [1.29, 1.82) is 0 Å². The summed E-state index contributed by atoms with van der Waals surface area (Å²) in [5.74, 6) is 1.88. The van der Waals surface area contributed by atoms with Gasteiger partial charge < -0.3 is 9.84 Å². The Morgan fingerprint density at radius 2 is 2.22 bits per heavy atom. The first kappa shape index (κ1) is 11.9. The molecule has 0 saturated carbocycles. The predicted molar refractivity (Wildman–Crippen MR) is 67.6 cm³/mol. The summed E-state index contributed by atoms with van der Waals surface area (Å²) in [7, 11) is 0. The first-order chi connectivity index (χ1) is 8.72. The lowest BCUT2D eigenvalue weighted by molar-refractivity contribution is 0.0690. The number of hydrogen-bond acceptors (Lipinski definition) is 3. The van der Waals surface area contributed by atoms with Crippen LogP contribution in [-0.2, 0) is 0 Å². The molecule has 0 radical (unpaired) electrons. The van der Waals surface area contributed by atoms with Gasteiger partial charge in [0.2, 0.25) is 0 Å². The summed E-state index contributed by atoms with van der Waals surface area (Å²) in [6, 6.07) is 8.64. The maximum atomic E-state index is 11.0. The minimum absolute atomic E-state index is 0.0376. The van der Waals surface area contributed by atoms with Crippen LogP contribution in [0.25, 0.3) is 10.9 Å². The van der Waals surface area contributed by atoms with Crippen LogP contribution in [0.3, 0.4) is 0 Å². The lowest BCUT2D eigenvalue weighted by atomic mass is 10.2. The topological polar surface area (TPSA) is 59.4 Å². The highest BCUT2D eigenvalue weighted by Crippen LogP contribution is 2.25. The molecule has 1 heterocycles. The molecule has 0 bridgehead atoms. The molecule has 0 unspecified atom stereocenters. The van der Waals surface area contributed by atoms with Gasteiger partial charge in [-0.3, -0.25) is 0 Å². The molecule has 4 heteroatoms. The van der Waals surface area contributed by atoms with Crippen LogP contribution in [0.2, 0.25) is 0 Å². The summed E-state index contributed by atoms with van der Waals surface area (Å²) in [6.45, 7) is 0.351. The van der Waals surface area contributed by atoms with Gasteiger partial charge in [-0.2, -0.15) is 0 Å². The number of aromatic nitrogens is 1. The molecule has 0 amide bonds. The number of carbonyl (C=O) groups is 1. The minimum Gasteiger partial charge on any atom is -0.492 e. The van der Waals surface area contributed by atoms with Crippen molar-refractivity contribution >= 4 is 16.9 Å². The standard InChI is InChI=1S/C14H11NO3/c1-2-3-8-18-13-9-12(14(16)17)15-11-7-5-4-6-10(11)13/h1,4-7,9H,3,8H2,(H,16,17). The van der Waals surface area contributed by atoms with Crippen LogP contribution in [-0.4, -0.2) is 22.7 Å². The number of pyridine rings is 1. The Bertz CT molecular complexity index is 628. The van der Waals surface area contributed by atoms with Gasteiger partial charge in [-0.1, -0.05) is 12.1 Å². The molecule has 1 aromatic carbocycles. The van der Waals surface area contributed by atoms with E-state index in [1.165, 1.54) is 6.07 Å². The summed E-state index contributed by atoms with van der Waals surface area (Å²) in [6.07, 6.45) is 5.62. The number of nitrogens with zero attached hydrogens (tertiary/aromatic N) is 1. The zero-order valence-corrected chi connectivity index (χ0v) is 9.59. The summed E-state index contributed by atoms with van der Waals surface area (Å²) < 4.78 is 5.50. The van der Waals surface area contributed by atoms with Crippen LogP contribution in [0.4, 0.5) is 0 Å². The Balaban J connectivity index is 2.47. The van der Waals surface area contributed by atoms with Crippen LogP contribution >= 0.6 is 0 Å². The highest BCUT2D eigenvalue weighted by atomic mass is 16.5. The average molecular weight is 241 g/mol. The van der Waals surface area contributed by atoms with Crippen LogP contribution in [0.15, 0.2) is 30.3 Å². The molecular weight excluding hydrogens is 230 g/mol. The third kappa shape index (κ3) is 2.41. The fraction of sp³-hybridized carbons (Fsp3) is 0.143. The second-order valence-electron chi connectivity index (χ2n) is 3.63. The SMILES string of the molecule is C#CCCOc1cc(C(=O)O)nc2ccccc12.